The Labute approximate surface area is 135 Å². The summed E-state index contributed by atoms with van der Waals surface area (Å²) in [6.07, 6.45) is -0.835. The number of thiophene rings is 1. The van der Waals surface area contributed by atoms with Gasteiger partial charge in [0.2, 0.25) is 0 Å². The first-order chi connectivity index (χ1) is 9.51. The molecule has 1 N–H and O–H groups in total. The fraction of sp³-hybridized carbons (Fsp3) is 0.286. The SMILES string of the molecule is COc1ccc(C(O)c2scc(C)c2Cl)c(OC)c1Br. The summed E-state index contributed by atoms with van der Waals surface area (Å²) in [7, 11) is 3.13. The number of benzene rings is 1. The largest absolute Gasteiger partial charge is 0.495 e. The molecule has 0 bridgehead atoms. The molecule has 0 fully saturated rings. The number of hydrogen-bond acceptors (Lipinski definition) is 4. The fourth-order valence-electron chi connectivity index (χ4n) is 1.91. The van der Waals surface area contributed by atoms with E-state index in [9.17, 15) is 5.11 Å². The standard InChI is InChI=1S/C14H14BrClO3S/c1-7-6-20-14(11(7)16)12(17)8-4-5-9(18-2)10(15)13(8)19-3/h4-6,12,17H,1-3H3. The third kappa shape index (κ3) is 2.68. The molecule has 0 amide bonds. The first-order valence-electron chi connectivity index (χ1n) is 5.83. The van der Waals surface area contributed by atoms with Crippen LogP contribution in [-0.2, 0) is 0 Å². The lowest BCUT2D eigenvalue weighted by molar-refractivity contribution is 0.218. The second kappa shape index (κ2) is 6.35. The summed E-state index contributed by atoms with van der Waals surface area (Å²) in [5.74, 6) is 1.19. The van der Waals surface area contributed by atoms with Gasteiger partial charge in [0.15, 0.2) is 0 Å². The maximum atomic E-state index is 10.6. The van der Waals surface area contributed by atoms with E-state index in [1.54, 1.807) is 26.4 Å². The molecule has 0 spiro atoms. The Morgan fingerprint density at radius 1 is 1.30 bits per heavy atom. The lowest BCUT2D eigenvalue weighted by Crippen LogP contribution is -2.03. The molecule has 108 valence electrons. The van der Waals surface area contributed by atoms with Crippen molar-refractivity contribution in [1.82, 2.24) is 0 Å². The van der Waals surface area contributed by atoms with Crippen LogP contribution >= 0.6 is 38.9 Å². The van der Waals surface area contributed by atoms with E-state index in [0.29, 0.717) is 31.4 Å². The van der Waals surface area contributed by atoms with Crippen molar-refractivity contribution < 1.29 is 14.6 Å². The molecule has 1 aromatic heterocycles. The van der Waals surface area contributed by atoms with Crippen molar-refractivity contribution in [2.24, 2.45) is 0 Å². The summed E-state index contributed by atoms with van der Waals surface area (Å²) in [5, 5.41) is 13.1. The maximum Gasteiger partial charge on any atom is 0.142 e. The van der Waals surface area contributed by atoms with Crippen molar-refractivity contribution >= 4 is 38.9 Å². The van der Waals surface area contributed by atoms with Crippen molar-refractivity contribution in [3.8, 4) is 11.5 Å². The van der Waals surface area contributed by atoms with Gasteiger partial charge in [0.25, 0.3) is 0 Å². The minimum Gasteiger partial charge on any atom is -0.495 e. The maximum absolute atomic E-state index is 10.6. The van der Waals surface area contributed by atoms with Crippen LogP contribution in [0.15, 0.2) is 22.0 Å². The fourth-order valence-corrected chi connectivity index (χ4v) is 3.89. The van der Waals surface area contributed by atoms with E-state index in [0.717, 1.165) is 5.56 Å². The zero-order valence-electron chi connectivity index (χ0n) is 11.2. The highest BCUT2D eigenvalue weighted by Gasteiger charge is 2.23. The second-order valence-electron chi connectivity index (χ2n) is 4.20. The van der Waals surface area contributed by atoms with Crippen LogP contribution in [0.3, 0.4) is 0 Å². The predicted molar refractivity (Wildman–Crippen MR) is 85.4 cm³/mol. The highest BCUT2D eigenvalue weighted by Crippen LogP contribution is 2.44. The van der Waals surface area contributed by atoms with Gasteiger partial charge in [-0.05, 0) is 45.9 Å². The van der Waals surface area contributed by atoms with Crippen molar-refractivity contribution in [2.45, 2.75) is 13.0 Å². The van der Waals surface area contributed by atoms with Crippen LogP contribution in [0.1, 0.15) is 22.1 Å². The van der Waals surface area contributed by atoms with Gasteiger partial charge in [-0.3, -0.25) is 0 Å². The molecule has 2 rings (SSSR count). The first-order valence-corrected chi connectivity index (χ1v) is 7.88. The Morgan fingerprint density at radius 3 is 2.50 bits per heavy atom. The highest BCUT2D eigenvalue weighted by molar-refractivity contribution is 9.10. The zero-order chi connectivity index (χ0) is 14.9. The van der Waals surface area contributed by atoms with Crippen LogP contribution < -0.4 is 9.47 Å². The highest BCUT2D eigenvalue weighted by atomic mass is 79.9. The normalized spacial score (nSPS) is 12.3. The average molecular weight is 378 g/mol. The molecule has 0 aliphatic rings. The van der Waals surface area contributed by atoms with Crippen LogP contribution in [0, 0.1) is 6.92 Å². The Morgan fingerprint density at radius 2 is 2.00 bits per heavy atom. The van der Waals surface area contributed by atoms with Crippen molar-refractivity contribution in [2.75, 3.05) is 14.2 Å². The molecule has 3 nitrogen and oxygen atoms in total. The number of ether oxygens (including phenoxy) is 2. The summed E-state index contributed by atoms with van der Waals surface area (Å²) in [4.78, 5) is 0.708. The molecule has 1 aromatic carbocycles. The molecule has 1 atom stereocenters. The number of aliphatic hydroxyl groups excluding tert-OH is 1. The van der Waals surface area contributed by atoms with E-state index in [1.807, 2.05) is 12.3 Å². The average Bonchev–Trinajstić information content (AvgIpc) is 2.78. The van der Waals surface area contributed by atoms with Gasteiger partial charge in [0, 0.05) is 5.56 Å². The van der Waals surface area contributed by atoms with E-state index in [-0.39, 0.29) is 0 Å². The van der Waals surface area contributed by atoms with Crippen molar-refractivity contribution in [1.29, 1.82) is 0 Å². The van der Waals surface area contributed by atoms with Crippen molar-refractivity contribution in [3.63, 3.8) is 0 Å². The Balaban J connectivity index is 2.52. The zero-order valence-corrected chi connectivity index (χ0v) is 14.4. The molecule has 1 heterocycles. The predicted octanol–water partition coefficient (Wildman–Crippen LogP) is 4.57. The Kier molecular flexibility index (Phi) is 4.96. The first kappa shape index (κ1) is 15.6. The van der Waals surface area contributed by atoms with E-state index >= 15 is 0 Å². The number of hydrogen-bond donors (Lipinski definition) is 1. The number of rotatable bonds is 4. The molecular weight excluding hydrogens is 364 g/mol. The molecule has 6 heteroatoms. The van der Waals surface area contributed by atoms with Crippen LogP contribution in [0.5, 0.6) is 11.5 Å². The number of aliphatic hydroxyl groups is 1. The molecule has 2 aromatic rings. The summed E-state index contributed by atoms with van der Waals surface area (Å²) in [6, 6.07) is 3.55. The number of aryl methyl sites for hydroxylation is 1. The van der Waals surface area contributed by atoms with Gasteiger partial charge in [0.05, 0.1) is 24.1 Å². The van der Waals surface area contributed by atoms with Crippen LogP contribution in [0.25, 0.3) is 0 Å². The third-order valence-corrected chi connectivity index (χ3v) is 5.50. The quantitative estimate of drug-likeness (QED) is 0.848. The van der Waals surface area contributed by atoms with E-state index < -0.39 is 6.10 Å². The molecule has 0 saturated heterocycles. The minimum atomic E-state index is -0.835. The number of methoxy groups -OCH3 is 2. The van der Waals surface area contributed by atoms with Gasteiger partial charge in [-0.2, -0.15) is 0 Å². The number of halogens is 2. The summed E-state index contributed by atoms with van der Waals surface area (Å²) < 4.78 is 11.3. The van der Waals surface area contributed by atoms with Gasteiger partial charge in [-0.15, -0.1) is 11.3 Å². The van der Waals surface area contributed by atoms with Crippen molar-refractivity contribution in [3.05, 3.63) is 43.0 Å². The molecular formula is C14H14BrClO3S. The lowest BCUT2D eigenvalue weighted by atomic mass is 10.1. The minimum absolute atomic E-state index is 0.541. The van der Waals surface area contributed by atoms with E-state index in [1.165, 1.54) is 11.3 Å². The van der Waals surface area contributed by atoms with Gasteiger partial charge >= 0.3 is 0 Å². The van der Waals surface area contributed by atoms with Gasteiger partial charge in [-0.25, -0.2) is 0 Å². The Bertz CT molecular complexity index is 627. The molecule has 0 aliphatic heterocycles. The molecule has 0 radical (unpaired) electrons. The van der Waals surface area contributed by atoms with Crippen LogP contribution in [0.2, 0.25) is 5.02 Å². The molecule has 0 aliphatic carbocycles. The monoisotopic (exact) mass is 376 g/mol. The summed E-state index contributed by atoms with van der Waals surface area (Å²) >= 11 is 11.1. The third-order valence-electron chi connectivity index (χ3n) is 2.98. The van der Waals surface area contributed by atoms with Gasteiger partial charge in [0.1, 0.15) is 22.1 Å². The van der Waals surface area contributed by atoms with Gasteiger partial charge < -0.3 is 14.6 Å². The van der Waals surface area contributed by atoms with Gasteiger partial charge in [-0.1, -0.05) is 11.6 Å². The smallest absolute Gasteiger partial charge is 0.142 e. The van der Waals surface area contributed by atoms with E-state index in [2.05, 4.69) is 15.9 Å². The molecule has 0 saturated carbocycles. The van der Waals surface area contributed by atoms with Crippen LogP contribution in [-0.4, -0.2) is 19.3 Å². The molecule has 20 heavy (non-hydrogen) atoms. The van der Waals surface area contributed by atoms with Crippen LogP contribution in [0.4, 0.5) is 0 Å². The lowest BCUT2D eigenvalue weighted by Gasteiger charge is -2.17. The molecule has 1 unspecified atom stereocenters. The van der Waals surface area contributed by atoms with E-state index in [4.69, 9.17) is 21.1 Å². The topological polar surface area (TPSA) is 38.7 Å². The summed E-state index contributed by atoms with van der Waals surface area (Å²) in [6.45, 7) is 1.91. The Hall–Kier alpha value is -0.750. The summed E-state index contributed by atoms with van der Waals surface area (Å²) in [5.41, 5.74) is 1.60. The second-order valence-corrected chi connectivity index (χ2v) is 6.29.